The van der Waals surface area contributed by atoms with Gasteiger partial charge in [-0.1, -0.05) is 48.5 Å². The van der Waals surface area contributed by atoms with Gasteiger partial charge >= 0.3 is 12.1 Å². The molecule has 0 radical (unpaired) electrons. The summed E-state index contributed by atoms with van der Waals surface area (Å²) >= 11 is 0. The van der Waals surface area contributed by atoms with Crippen LogP contribution in [0.15, 0.2) is 83.3 Å². The number of phenols is 1. The Balaban J connectivity index is 1.21. The molecule has 63 heavy (non-hydrogen) atoms. The van der Waals surface area contributed by atoms with E-state index in [9.17, 15) is 49.2 Å². The SMILES string of the molecule is CN(C)c1cc(NC(=O)CN(C(=O)OCOC(=O)c2ccccc2CCc2ccccc2)C(C)(C)C)c(O)c2c1C[C@H]1C[C@H]3[C@H](N(C)C)C(O)=C(C(N)=O)C(=O)[C@@]3(O)C(O)=C1C2=O. The minimum atomic E-state index is -2.83. The van der Waals surface area contributed by atoms with Crippen molar-refractivity contribution in [2.45, 2.75) is 63.6 Å². The number of carbonyl (C=O) groups is 6. The second-order valence-electron chi connectivity index (χ2n) is 17.4. The monoisotopic (exact) mass is 867 g/mol. The van der Waals surface area contributed by atoms with Gasteiger partial charge in [0.1, 0.15) is 23.6 Å². The molecular weight excluding hydrogens is 815 g/mol. The van der Waals surface area contributed by atoms with Crippen molar-refractivity contribution in [1.82, 2.24) is 9.80 Å². The van der Waals surface area contributed by atoms with Crippen molar-refractivity contribution in [2.75, 3.05) is 51.7 Å². The number of ketones is 2. The van der Waals surface area contributed by atoms with Crippen LogP contribution in [-0.4, -0.2) is 124 Å². The number of carbonyl (C=O) groups excluding carboxylic acids is 6. The van der Waals surface area contributed by atoms with Gasteiger partial charge in [-0.15, -0.1) is 0 Å². The molecule has 17 heteroatoms. The molecule has 0 aliphatic heterocycles. The molecule has 17 nitrogen and oxygen atoms in total. The summed E-state index contributed by atoms with van der Waals surface area (Å²) in [5.41, 5.74) is 2.71. The molecular formula is C46H53N5O12. The quantitative estimate of drug-likeness (QED) is 0.0653. The van der Waals surface area contributed by atoms with Crippen LogP contribution in [0, 0.1) is 11.8 Å². The van der Waals surface area contributed by atoms with Gasteiger partial charge in [0, 0.05) is 36.8 Å². The minimum Gasteiger partial charge on any atom is -0.510 e. The highest BCUT2D eigenvalue weighted by atomic mass is 16.7. The third-order valence-corrected chi connectivity index (χ3v) is 11.9. The van der Waals surface area contributed by atoms with E-state index in [0.29, 0.717) is 29.7 Å². The van der Waals surface area contributed by atoms with Gasteiger partial charge in [0.15, 0.2) is 17.1 Å². The average molecular weight is 868 g/mol. The molecule has 0 unspecified atom stereocenters. The first kappa shape index (κ1) is 45.8. The molecule has 0 aromatic heterocycles. The predicted molar refractivity (Wildman–Crippen MR) is 230 cm³/mol. The topological polar surface area (TPSA) is 250 Å². The molecule has 0 saturated carbocycles. The van der Waals surface area contributed by atoms with Gasteiger partial charge in [-0.3, -0.25) is 29.0 Å². The number of amides is 3. The van der Waals surface area contributed by atoms with E-state index in [0.717, 1.165) is 16.0 Å². The number of anilines is 2. The third-order valence-electron chi connectivity index (χ3n) is 11.9. The number of phenolic OH excluding ortho intramolecular Hbond substituents is 1. The fraction of sp³-hybridized carbons (Fsp3) is 0.391. The van der Waals surface area contributed by atoms with E-state index in [-0.39, 0.29) is 29.7 Å². The lowest BCUT2D eigenvalue weighted by atomic mass is 9.58. The number of hydrogen-bond acceptors (Lipinski definition) is 14. The van der Waals surface area contributed by atoms with Crippen LogP contribution < -0.4 is 16.0 Å². The molecule has 0 spiro atoms. The zero-order chi connectivity index (χ0) is 46.3. The fourth-order valence-electron chi connectivity index (χ4n) is 8.85. The Bertz CT molecular complexity index is 2440. The number of Topliss-reactive ketones (excluding diaryl/α,β-unsaturated/α-hetero) is 2. The number of ether oxygens (including phenoxy) is 2. The molecule has 7 N–H and O–H groups in total. The Morgan fingerprint density at radius 3 is 2.19 bits per heavy atom. The van der Waals surface area contributed by atoms with Crippen LogP contribution in [0.25, 0.3) is 0 Å². The van der Waals surface area contributed by atoms with Crippen LogP contribution in [0.5, 0.6) is 5.75 Å². The van der Waals surface area contributed by atoms with E-state index < -0.39 is 101 Å². The largest absolute Gasteiger partial charge is 0.510 e. The van der Waals surface area contributed by atoms with Crippen molar-refractivity contribution >= 4 is 46.8 Å². The normalized spacial score (nSPS) is 20.7. The summed E-state index contributed by atoms with van der Waals surface area (Å²) in [6.07, 6.45) is 0.198. The smallest absolute Gasteiger partial charge is 0.413 e. The van der Waals surface area contributed by atoms with E-state index in [1.165, 1.54) is 11.0 Å². The minimum absolute atomic E-state index is 0.0251. The Kier molecular flexibility index (Phi) is 12.8. The molecule has 3 aliphatic carbocycles. The highest BCUT2D eigenvalue weighted by Gasteiger charge is 2.63. The number of aromatic hydroxyl groups is 1. The van der Waals surface area contributed by atoms with Gasteiger partial charge in [-0.25, -0.2) is 9.59 Å². The second-order valence-corrected chi connectivity index (χ2v) is 17.4. The zero-order valence-electron chi connectivity index (χ0n) is 36.2. The maximum Gasteiger partial charge on any atom is 0.413 e. The molecule has 3 amide bonds. The van der Waals surface area contributed by atoms with Crippen molar-refractivity contribution < 1.29 is 58.7 Å². The van der Waals surface area contributed by atoms with Crippen molar-refractivity contribution in [1.29, 1.82) is 0 Å². The Morgan fingerprint density at radius 1 is 0.921 bits per heavy atom. The lowest BCUT2D eigenvalue weighted by Gasteiger charge is -2.50. The maximum atomic E-state index is 14.5. The molecule has 4 atom stereocenters. The summed E-state index contributed by atoms with van der Waals surface area (Å²) in [5, 5.41) is 49.0. The van der Waals surface area contributed by atoms with Crippen LogP contribution in [0.4, 0.5) is 16.2 Å². The number of allylic oxidation sites excluding steroid dienone is 1. The zero-order valence-corrected chi connectivity index (χ0v) is 36.2. The number of primary amides is 1. The summed E-state index contributed by atoms with van der Waals surface area (Å²) in [5.74, 6) is -9.54. The van der Waals surface area contributed by atoms with Crippen LogP contribution in [0.1, 0.15) is 64.6 Å². The first-order valence-electron chi connectivity index (χ1n) is 20.3. The Labute approximate surface area is 364 Å². The number of likely N-dealkylation sites (N-methyl/N-ethyl adjacent to an activating group) is 1. The van der Waals surface area contributed by atoms with Crippen molar-refractivity contribution in [3.05, 3.63) is 111 Å². The van der Waals surface area contributed by atoms with Crippen LogP contribution in [0.2, 0.25) is 0 Å². The van der Waals surface area contributed by atoms with E-state index in [1.54, 1.807) is 66.0 Å². The summed E-state index contributed by atoms with van der Waals surface area (Å²) < 4.78 is 10.6. The molecule has 6 rings (SSSR count). The van der Waals surface area contributed by atoms with Crippen LogP contribution in [-0.2, 0) is 43.1 Å². The number of benzene rings is 3. The molecule has 0 heterocycles. The summed E-state index contributed by atoms with van der Waals surface area (Å²) in [6, 6.07) is 17.0. The van der Waals surface area contributed by atoms with Crippen LogP contribution in [0.3, 0.4) is 0 Å². The predicted octanol–water partition coefficient (Wildman–Crippen LogP) is 3.96. The van der Waals surface area contributed by atoms with E-state index in [4.69, 9.17) is 15.2 Å². The van der Waals surface area contributed by atoms with Gasteiger partial charge < -0.3 is 45.9 Å². The number of rotatable bonds is 12. The number of aliphatic hydroxyl groups is 3. The summed E-state index contributed by atoms with van der Waals surface area (Å²) in [4.78, 5) is 84.9. The first-order chi connectivity index (χ1) is 29.6. The third kappa shape index (κ3) is 8.57. The number of esters is 1. The van der Waals surface area contributed by atoms with Gasteiger partial charge in [-0.05, 0) is 95.3 Å². The number of aryl methyl sites for hydroxylation is 2. The molecule has 3 aliphatic rings. The van der Waals surface area contributed by atoms with E-state index in [1.807, 2.05) is 42.5 Å². The number of aliphatic hydroxyl groups excluding tert-OH is 2. The molecule has 3 aromatic rings. The molecule has 0 saturated heterocycles. The number of nitrogens with one attached hydrogen (secondary N) is 1. The number of hydrogen-bond donors (Lipinski definition) is 6. The van der Waals surface area contributed by atoms with Gasteiger partial charge in [-0.2, -0.15) is 0 Å². The van der Waals surface area contributed by atoms with Crippen molar-refractivity contribution in [2.24, 2.45) is 17.6 Å². The molecule has 334 valence electrons. The van der Waals surface area contributed by atoms with E-state index in [2.05, 4.69) is 5.32 Å². The highest BCUT2D eigenvalue weighted by molar-refractivity contribution is 6.25. The standard InChI is InChI=1S/C46H53N5O12/c1-45(2,3)51(44(60)63-23-62-43(59)27-16-12-11-15-25(27)18-17-24-13-9-8-10-14-24)22-32(52)48-30-21-31(49(4)5)28-19-26-20-29-36(50(6)7)39(55)35(42(47)58)41(57)46(29,61)40(56)33(26)38(54)34(28)37(30)53/h8-16,21,26,29,36,53,55-56,61H,17-20,22-23H2,1-7H3,(H2,47,58)(H,48,52)/t26-,29-,36-,46-/m0/s1. The van der Waals surface area contributed by atoms with Gasteiger partial charge in [0.25, 0.3) is 5.91 Å². The number of nitrogens with two attached hydrogens (primary N) is 1. The molecule has 3 aromatic carbocycles. The van der Waals surface area contributed by atoms with Crippen molar-refractivity contribution in [3.8, 4) is 5.75 Å². The molecule has 0 fully saturated rings. The maximum absolute atomic E-state index is 14.5. The summed E-state index contributed by atoms with van der Waals surface area (Å²) in [7, 11) is 6.44. The average Bonchev–Trinajstić information content (AvgIpc) is 3.21. The van der Waals surface area contributed by atoms with Crippen LogP contribution >= 0.6 is 0 Å². The fourth-order valence-corrected chi connectivity index (χ4v) is 8.85. The number of fused-ring (bicyclic) bond motifs is 3. The van der Waals surface area contributed by atoms with Gasteiger partial charge in [0.05, 0.1) is 22.9 Å². The summed E-state index contributed by atoms with van der Waals surface area (Å²) in [6.45, 7) is 3.59. The first-order valence-corrected chi connectivity index (χ1v) is 20.3. The van der Waals surface area contributed by atoms with E-state index >= 15 is 0 Å². The Hall–Kier alpha value is -6.72. The highest BCUT2D eigenvalue weighted by Crippen LogP contribution is 2.54. The lowest BCUT2D eigenvalue weighted by Crippen LogP contribution is -2.63. The van der Waals surface area contributed by atoms with Crippen molar-refractivity contribution in [3.63, 3.8) is 0 Å². The molecule has 0 bridgehead atoms. The second kappa shape index (κ2) is 17.6. The Morgan fingerprint density at radius 2 is 1.57 bits per heavy atom. The van der Waals surface area contributed by atoms with Gasteiger partial charge in [0.2, 0.25) is 18.5 Å². The lowest BCUT2D eigenvalue weighted by molar-refractivity contribution is -0.148. The number of nitrogens with zero attached hydrogens (tertiary/aromatic N) is 3.